The number of amides is 1. The van der Waals surface area contributed by atoms with Crippen molar-refractivity contribution in [2.24, 2.45) is 7.05 Å². The van der Waals surface area contributed by atoms with Crippen LogP contribution in [-0.4, -0.2) is 31.4 Å². The number of benzene rings is 1. The number of aryl methyl sites for hydroxylation is 4. The molecule has 0 bridgehead atoms. The van der Waals surface area contributed by atoms with E-state index in [4.69, 9.17) is 4.98 Å². The molecule has 0 saturated heterocycles. The molecule has 3 heterocycles. The molecule has 0 saturated carbocycles. The summed E-state index contributed by atoms with van der Waals surface area (Å²) in [6, 6.07) is 4.56. The number of carbonyl (C=O) groups excluding carboxylic acids is 1. The molecule has 206 valence electrons. The van der Waals surface area contributed by atoms with Crippen molar-refractivity contribution >= 4 is 67.5 Å². The van der Waals surface area contributed by atoms with Crippen LogP contribution < -0.4 is 10.9 Å². The number of aromatic nitrogens is 4. The van der Waals surface area contributed by atoms with E-state index in [1.165, 1.54) is 55.8 Å². The van der Waals surface area contributed by atoms with Gasteiger partial charge in [0.2, 0.25) is 11.0 Å². The Kier molecular flexibility index (Phi) is 8.24. The van der Waals surface area contributed by atoms with E-state index >= 15 is 0 Å². The standard InChI is InChI=1S/C28H33N5O2S4/c1-15-11-17(28(3,4)5)12-16(2)19(15)13-37-27-32-31-25(39-27)29-21(34)14-36-26-30-23-22(24(35)33(26)6)18-9-7-8-10-20(18)38-23/h11-12H,7-10,13-14H2,1-6H3,(H,29,31,34). The molecule has 0 aliphatic heterocycles. The summed E-state index contributed by atoms with van der Waals surface area (Å²) in [6.45, 7) is 11.0. The zero-order valence-electron chi connectivity index (χ0n) is 23.1. The van der Waals surface area contributed by atoms with Gasteiger partial charge in [0, 0.05) is 17.7 Å². The van der Waals surface area contributed by atoms with Gasteiger partial charge in [0.15, 0.2) is 9.50 Å². The molecule has 5 rings (SSSR count). The fourth-order valence-corrected chi connectivity index (χ4v) is 8.83. The molecule has 0 unspecified atom stereocenters. The van der Waals surface area contributed by atoms with Gasteiger partial charge in [-0.1, -0.05) is 67.8 Å². The number of nitrogens with zero attached hydrogens (tertiary/aromatic N) is 4. The smallest absolute Gasteiger partial charge is 0.262 e. The first kappa shape index (κ1) is 28.3. The second kappa shape index (κ2) is 11.3. The van der Waals surface area contributed by atoms with E-state index in [-0.39, 0.29) is 22.6 Å². The number of fused-ring (bicyclic) bond motifs is 3. The Bertz CT molecular complexity index is 1590. The largest absolute Gasteiger partial charge is 0.300 e. The number of anilines is 1. The second-order valence-corrected chi connectivity index (χ2v) is 15.2. The van der Waals surface area contributed by atoms with Crippen LogP contribution in [0.25, 0.3) is 10.2 Å². The van der Waals surface area contributed by atoms with Crippen LogP contribution in [0.5, 0.6) is 0 Å². The van der Waals surface area contributed by atoms with Crippen molar-refractivity contribution in [3.05, 3.63) is 55.2 Å². The predicted molar refractivity (Wildman–Crippen MR) is 165 cm³/mol. The minimum Gasteiger partial charge on any atom is -0.300 e. The molecule has 1 aliphatic carbocycles. The van der Waals surface area contributed by atoms with Crippen molar-refractivity contribution < 1.29 is 4.79 Å². The van der Waals surface area contributed by atoms with E-state index < -0.39 is 0 Å². The zero-order valence-corrected chi connectivity index (χ0v) is 26.4. The van der Waals surface area contributed by atoms with Gasteiger partial charge in [-0.2, -0.15) is 0 Å². The summed E-state index contributed by atoms with van der Waals surface area (Å²) in [6.07, 6.45) is 4.26. The maximum Gasteiger partial charge on any atom is 0.262 e. The molecule has 0 atom stereocenters. The molecular weight excluding hydrogens is 567 g/mol. The zero-order chi connectivity index (χ0) is 27.9. The van der Waals surface area contributed by atoms with E-state index in [2.05, 4.69) is 62.3 Å². The van der Waals surface area contributed by atoms with Crippen molar-refractivity contribution in [3.8, 4) is 0 Å². The quantitative estimate of drug-likeness (QED) is 0.144. The average molecular weight is 600 g/mol. The van der Waals surface area contributed by atoms with E-state index in [9.17, 15) is 9.59 Å². The summed E-state index contributed by atoms with van der Waals surface area (Å²) >= 11 is 5.90. The lowest BCUT2D eigenvalue weighted by Crippen LogP contribution is -2.21. The van der Waals surface area contributed by atoms with Gasteiger partial charge in [-0.15, -0.1) is 21.5 Å². The van der Waals surface area contributed by atoms with Crippen LogP contribution in [-0.2, 0) is 35.9 Å². The van der Waals surface area contributed by atoms with Crippen molar-refractivity contribution in [3.63, 3.8) is 0 Å². The van der Waals surface area contributed by atoms with E-state index in [0.717, 1.165) is 46.0 Å². The first-order chi connectivity index (χ1) is 18.5. The lowest BCUT2D eigenvalue weighted by atomic mass is 9.84. The number of hydrogen-bond acceptors (Lipinski definition) is 9. The van der Waals surface area contributed by atoms with E-state index in [1.54, 1.807) is 34.7 Å². The van der Waals surface area contributed by atoms with Crippen molar-refractivity contribution in [2.75, 3.05) is 11.1 Å². The Labute approximate surface area is 245 Å². The summed E-state index contributed by atoms with van der Waals surface area (Å²) < 4.78 is 2.38. The van der Waals surface area contributed by atoms with Crippen molar-refractivity contribution in [1.29, 1.82) is 0 Å². The fraction of sp³-hybridized carbons (Fsp3) is 0.464. The Hall–Kier alpha value is -2.21. The molecule has 4 aromatic rings. The predicted octanol–water partition coefficient (Wildman–Crippen LogP) is 6.66. The molecule has 3 aromatic heterocycles. The van der Waals surface area contributed by atoms with E-state index in [0.29, 0.717) is 10.3 Å². The van der Waals surface area contributed by atoms with Gasteiger partial charge >= 0.3 is 0 Å². The summed E-state index contributed by atoms with van der Waals surface area (Å²) in [5.41, 5.74) is 6.50. The number of carbonyl (C=O) groups is 1. The third-order valence-electron chi connectivity index (χ3n) is 7.04. The SMILES string of the molecule is Cc1cc(C(C)(C)C)cc(C)c1CSc1nnc(NC(=O)CSc2nc3sc4c(c3c(=O)n2C)CCCC4)s1. The highest BCUT2D eigenvalue weighted by Gasteiger charge is 2.22. The molecule has 0 spiro atoms. The first-order valence-corrected chi connectivity index (χ1v) is 16.6. The Balaban J connectivity index is 1.20. The monoisotopic (exact) mass is 599 g/mol. The molecule has 0 fully saturated rings. The highest BCUT2D eigenvalue weighted by molar-refractivity contribution is 8.00. The minimum atomic E-state index is -0.197. The summed E-state index contributed by atoms with van der Waals surface area (Å²) in [4.78, 5) is 32.6. The van der Waals surface area contributed by atoms with Gasteiger partial charge in [-0.05, 0) is 72.8 Å². The molecule has 7 nitrogen and oxygen atoms in total. The van der Waals surface area contributed by atoms with Crippen molar-refractivity contribution in [2.45, 2.75) is 81.0 Å². The summed E-state index contributed by atoms with van der Waals surface area (Å²) in [5.74, 6) is 0.740. The number of hydrogen-bond donors (Lipinski definition) is 1. The molecule has 0 radical (unpaired) electrons. The van der Waals surface area contributed by atoms with Crippen LogP contribution >= 0.6 is 46.2 Å². The van der Waals surface area contributed by atoms with Gasteiger partial charge < -0.3 is 0 Å². The van der Waals surface area contributed by atoms with Crippen molar-refractivity contribution in [1.82, 2.24) is 19.7 Å². The number of thioether (sulfide) groups is 2. The fourth-order valence-electron chi connectivity index (χ4n) is 4.79. The van der Waals surface area contributed by atoms with Gasteiger partial charge in [0.25, 0.3) is 5.56 Å². The minimum absolute atomic E-state index is 0.0217. The number of rotatable bonds is 7. The van der Waals surface area contributed by atoms with E-state index in [1.807, 2.05) is 0 Å². The molecule has 1 N–H and O–H groups in total. The van der Waals surface area contributed by atoms with Crippen LogP contribution in [0.1, 0.15) is 66.3 Å². The maximum absolute atomic E-state index is 13.1. The average Bonchev–Trinajstić information content (AvgIpc) is 3.48. The number of thiophene rings is 1. The van der Waals surface area contributed by atoms with Gasteiger partial charge in [-0.3, -0.25) is 19.5 Å². The molecule has 11 heteroatoms. The number of nitrogens with one attached hydrogen (secondary N) is 1. The Morgan fingerprint density at radius 2 is 1.79 bits per heavy atom. The molecule has 1 aliphatic rings. The lowest BCUT2D eigenvalue weighted by molar-refractivity contribution is -0.113. The van der Waals surface area contributed by atoms with Gasteiger partial charge in [0.1, 0.15) is 4.83 Å². The maximum atomic E-state index is 13.1. The molecular formula is C28H33N5O2S4. The second-order valence-electron chi connectivity index (χ2n) is 11.0. The van der Waals surface area contributed by atoms with Crippen LogP contribution in [0, 0.1) is 13.8 Å². The molecule has 1 amide bonds. The van der Waals surface area contributed by atoms with Crippen LogP contribution in [0.4, 0.5) is 5.13 Å². The Morgan fingerprint density at radius 3 is 2.51 bits per heavy atom. The first-order valence-electron chi connectivity index (χ1n) is 13.0. The highest BCUT2D eigenvalue weighted by Crippen LogP contribution is 2.35. The summed E-state index contributed by atoms with van der Waals surface area (Å²) in [7, 11) is 1.73. The van der Waals surface area contributed by atoms with Gasteiger partial charge in [-0.25, -0.2) is 4.98 Å². The third-order valence-corrected chi connectivity index (χ3v) is 11.3. The van der Waals surface area contributed by atoms with Crippen LogP contribution in [0.15, 0.2) is 26.4 Å². The third kappa shape index (κ3) is 6.11. The topological polar surface area (TPSA) is 89.8 Å². The van der Waals surface area contributed by atoms with Crippen LogP contribution in [0.3, 0.4) is 0 Å². The van der Waals surface area contributed by atoms with Crippen LogP contribution in [0.2, 0.25) is 0 Å². The normalized spacial score (nSPS) is 13.6. The molecule has 39 heavy (non-hydrogen) atoms. The Morgan fingerprint density at radius 1 is 1.08 bits per heavy atom. The van der Waals surface area contributed by atoms with Gasteiger partial charge in [0.05, 0.1) is 11.1 Å². The lowest BCUT2D eigenvalue weighted by Gasteiger charge is -2.22. The summed E-state index contributed by atoms with van der Waals surface area (Å²) in [5, 5.41) is 13.1. The highest BCUT2D eigenvalue weighted by atomic mass is 32.2. The molecule has 1 aromatic carbocycles.